The zero-order chi connectivity index (χ0) is 17.3. The van der Waals surface area contributed by atoms with Gasteiger partial charge in [0.05, 0.1) is 13.1 Å². The third-order valence-electron chi connectivity index (χ3n) is 2.69. The minimum Gasteiger partial charge on any atom is -0.480 e. The van der Waals surface area contributed by atoms with Crippen molar-refractivity contribution < 1.29 is 24.3 Å². The van der Waals surface area contributed by atoms with Gasteiger partial charge in [-0.25, -0.2) is 4.79 Å². The van der Waals surface area contributed by atoms with Gasteiger partial charge in [0.25, 0.3) is 0 Å². The molecule has 0 saturated carbocycles. The monoisotopic (exact) mass is 334 g/mol. The number of aliphatic carboxylic acids is 1. The van der Waals surface area contributed by atoms with Crippen LogP contribution in [0.4, 0.5) is 0 Å². The highest BCUT2D eigenvalue weighted by Crippen LogP contribution is 2.03. The number of rotatable bonds is 9. The van der Waals surface area contributed by atoms with E-state index in [1.165, 1.54) is 0 Å². The van der Waals surface area contributed by atoms with Crippen LogP contribution in [0.3, 0.4) is 0 Å². The summed E-state index contributed by atoms with van der Waals surface area (Å²) in [7, 11) is 0. The Labute approximate surface area is 133 Å². The van der Waals surface area contributed by atoms with E-state index < -0.39 is 35.8 Å². The van der Waals surface area contributed by atoms with Gasteiger partial charge in [-0.15, -0.1) is 0 Å². The van der Waals surface area contributed by atoms with Crippen molar-refractivity contribution in [2.45, 2.75) is 25.9 Å². The molecular formula is C12H22N4O5S. The third-order valence-corrected chi connectivity index (χ3v) is 3.06. The second-order valence-corrected chi connectivity index (χ2v) is 5.22. The largest absolute Gasteiger partial charge is 0.480 e. The minimum absolute atomic E-state index is 0.0770. The molecule has 2 unspecified atom stereocenters. The average molecular weight is 334 g/mol. The second-order valence-electron chi connectivity index (χ2n) is 4.85. The Balaban J connectivity index is 4.65. The molecule has 0 rings (SSSR count). The summed E-state index contributed by atoms with van der Waals surface area (Å²) >= 11 is 3.84. The smallest absolute Gasteiger partial charge is 0.327 e. The summed E-state index contributed by atoms with van der Waals surface area (Å²) in [6.07, 6.45) is 0. The Morgan fingerprint density at radius 3 is 2.14 bits per heavy atom. The van der Waals surface area contributed by atoms with E-state index in [9.17, 15) is 19.2 Å². The fourth-order valence-electron chi connectivity index (χ4n) is 1.46. The van der Waals surface area contributed by atoms with Gasteiger partial charge in [0, 0.05) is 5.75 Å². The number of carbonyl (C=O) groups excluding carboxylic acids is 3. The van der Waals surface area contributed by atoms with Crippen molar-refractivity contribution in [2.24, 2.45) is 11.7 Å². The number of nitrogens with one attached hydrogen (secondary N) is 3. The lowest BCUT2D eigenvalue weighted by molar-refractivity contribution is -0.141. The maximum atomic E-state index is 12.1. The standard InChI is InChI=1S/C12H22N4O5S/c1-6(2)10(11(19)15-7(5-22)12(20)21)16-9(18)4-14-8(17)3-13/h6-7,10,22H,3-5,13H2,1-2H3,(H,14,17)(H,15,19)(H,16,18)(H,20,21). The first-order valence-corrected chi connectivity index (χ1v) is 7.26. The first kappa shape index (κ1) is 20.2. The molecule has 0 saturated heterocycles. The lowest BCUT2D eigenvalue weighted by Gasteiger charge is -2.23. The van der Waals surface area contributed by atoms with Gasteiger partial charge in [-0.2, -0.15) is 12.6 Å². The maximum absolute atomic E-state index is 12.1. The van der Waals surface area contributed by atoms with Crippen molar-refractivity contribution in [3.8, 4) is 0 Å². The van der Waals surface area contributed by atoms with E-state index >= 15 is 0 Å². The first-order valence-electron chi connectivity index (χ1n) is 6.63. The lowest BCUT2D eigenvalue weighted by atomic mass is 10.0. The highest BCUT2D eigenvalue weighted by atomic mass is 32.1. The molecule has 9 nitrogen and oxygen atoms in total. The van der Waals surface area contributed by atoms with Crippen LogP contribution < -0.4 is 21.7 Å². The fraction of sp³-hybridized carbons (Fsp3) is 0.667. The van der Waals surface area contributed by atoms with Gasteiger partial charge < -0.3 is 26.8 Å². The molecule has 0 aliphatic heterocycles. The number of carboxylic acid groups (broad SMARTS) is 1. The molecule has 22 heavy (non-hydrogen) atoms. The quantitative estimate of drug-likeness (QED) is 0.261. The van der Waals surface area contributed by atoms with Gasteiger partial charge >= 0.3 is 5.97 Å². The molecule has 0 heterocycles. The Morgan fingerprint density at radius 2 is 1.73 bits per heavy atom. The van der Waals surface area contributed by atoms with Gasteiger partial charge in [-0.05, 0) is 5.92 Å². The SMILES string of the molecule is CC(C)C(NC(=O)CNC(=O)CN)C(=O)NC(CS)C(=O)O. The number of nitrogens with two attached hydrogens (primary N) is 1. The Kier molecular flexibility index (Phi) is 9.18. The van der Waals surface area contributed by atoms with Crippen molar-refractivity contribution >= 4 is 36.3 Å². The molecule has 0 aromatic carbocycles. The van der Waals surface area contributed by atoms with Crippen LogP contribution in [0, 0.1) is 5.92 Å². The lowest BCUT2D eigenvalue weighted by Crippen LogP contribution is -2.55. The Morgan fingerprint density at radius 1 is 1.14 bits per heavy atom. The molecule has 0 aromatic rings. The molecule has 126 valence electrons. The van der Waals surface area contributed by atoms with Crippen molar-refractivity contribution in [2.75, 3.05) is 18.8 Å². The third kappa shape index (κ3) is 7.27. The van der Waals surface area contributed by atoms with Gasteiger partial charge in [-0.3, -0.25) is 14.4 Å². The van der Waals surface area contributed by atoms with Crippen molar-refractivity contribution in [1.29, 1.82) is 0 Å². The predicted molar refractivity (Wildman–Crippen MR) is 82.3 cm³/mol. The molecule has 0 bridgehead atoms. The summed E-state index contributed by atoms with van der Waals surface area (Å²) in [5.41, 5.74) is 5.08. The molecule has 3 amide bonds. The zero-order valence-electron chi connectivity index (χ0n) is 12.5. The average Bonchev–Trinajstić information content (AvgIpc) is 2.46. The van der Waals surface area contributed by atoms with E-state index in [1.54, 1.807) is 13.8 Å². The van der Waals surface area contributed by atoms with Crippen molar-refractivity contribution in [3.05, 3.63) is 0 Å². The fourth-order valence-corrected chi connectivity index (χ4v) is 1.70. The number of hydrogen-bond donors (Lipinski definition) is 6. The van der Waals surface area contributed by atoms with Crippen LogP contribution in [-0.4, -0.2) is 59.7 Å². The van der Waals surface area contributed by atoms with Gasteiger partial charge in [0.15, 0.2) is 0 Å². The number of carboxylic acids is 1. The molecule has 2 atom stereocenters. The van der Waals surface area contributed by atoms with Crippen LogP contribution in [-0.2, 0) is 19.2 Å². The van der Waals surface area contributed by atoms with Gasteiger partial charge in [-0.1, -0.05) is 13.8 Å². The van der Waals surface area contributed by atoms with Crippen LogP contribution in [0.5, 0.6) is 0 Å². The van der Waals surface area contributed by atoms with Crippen LogP contribution in [0.2, 0.25) is 0 Å². The maximum Gasteiger partial charge on any atom is 0.327 e. The van der Waals surface area contributed by atoms with E-state index in [2.05, 4.69) is 28.6 Å². The van der Waals surface area contributed by atoms with Crippen LogP contribution in [0.15, 0.2) is 0 Å². The molecule has 0 aromatic heterocycles. The normalized spacial score (nSPS) is 13.1. The summed E-state index contributed by atoms with van der Waals surface area (Å²) in [5, 5.41) is 15.9. The number of carbonyl (C=O) groups is 4. The molecule has 0 aliphatic carbocycles. The number of thiol groups is 1. The summed E-state index contributed by atoms with van der Waals surface area (Å²) in [4.78, 5) is 45.6. The zero-order valence-corrected chi connectivity index (χ0v) is 13.4. The highest BCUT2D eigenvalue weighted by molar-refractivity contribution is 7.80. The van der Waals surface area contributed by atoms with Crippen molar-refractivity contribution in [3.63, 3.8) is 0 Å². The first-order chi connectivity index (χ1) is 10.2. The van der Waals surface area contributed by atoms with Gasteiger partial charge in [0.1, 0.15) is 12.1 Å². The minimum atomic E-state index is -1.22. The highest BCUT2D eigenvalue weighted by Gasteiger charge is 2.27. The summed E-state index contributed by atoms with van der Waals surface area (Å²) < 4.78 is 0. The van der Waals surface area contributed by atoms with Gasteiger partial charge in [0.2, 0.25) is 17.7 Å². The topological polar surface area (TPSA) is 151 Å². The molecular weight excluding hydrogens is 312 g/mol. The van der Waals surface area contributed by atoms with E-state index in [4.69, 9.17) is 10.8 Å². The van der Waals surface area contributed by atoms with Crippen LogP contribution in [0.25, 0.3) is 0 Å². The van der Waals surface area contributed by atoms with E-state index in [-0.39, 0.29) is 24.8 Å². The number of amides is 3. The predicted octanol–water partition coefficient (Wildman–Crippen LogP) is -2.30. The van der Waals surface area contributed by atoms with Crippen LogP contribution in [0.1, 0.15) is 13.8 Å². The Hall–Kier alpha value is -1.81. The Bertz CT molecular complexity index is 430. The second kappa shape index (κ2) is 10.0. The molecule has 6 N–H and O–H groups in total. The molecule has 0 aliphatic rings. The van der Waals surface area contributed by atoms with Crippen molar-refractivity contribution in [1.82, 2.24) is 16.0 Å². The van der Waals surface area contributed by atoms with E-state index in [0.717, 1.165) is 0 Å². The molecule has 0 radical (unpaired) electrons. The van der Waals surface area contributed by atoms with E-state index in [0.29, 0.717) is 0 Å². The number of hydrogen-bond acceptors (Lipinski definition) is 6. The summed E-state index contributed by atoms with van der Waals surface area (Å²) in [5.74, 6) is -3.27. The molecule has 0 spiro atoms. The van der Waals surface area contributed by atoms with E-state index in [1.807, 2.05) is 0 Å². The molecule has 0 fully saturated rings. The molecule has 10 heteroatoms. The summed E-state index contributed by atoms with van der Waals surface area (Å²) in [6.45, 7) is 2.82. The van der Waals surface area contributed by atoms with Crippen LogP contribution >= 0.6 is 12.6 Å². The summed E-state index contributed by atoms with van der Waals surface area (Å²) in [6, 6.07) is -2.07.